The first kappa shape index (κ1) is 16.5. The van der Waals surface area contributed by atoms with Crippen LogP contribution in [0.15, 0.2) is 24.3 Å². The lowest BCUT2D eigenvalue weighted by Gasteiger charge is -2.32. The second-order valence-corrected chi connectivity index (χ2v) is 7.55. The molecule has 124 valence electrons. The molecule has 1 N–H and O–H groups in total. The molecule has 2 heterocycles. The van der Waals surface area contributed by atoms with Crippen molar-refractivity contribution in [1.82, 2.24) is 4.90 Å². The van der Waals surface area contributed by atoms with Crippen LogP contribution in [0.1, 0.15) is 39.7 Å². The van der Waals surface area contributed by atoms with Gasteiger partial charge in [-0.15, -0.1) is 0 Å². The topological polar surface area (TPSA) is 59.0 Å². The largest absolute Gasteiger partial charge is 0.494 e. The number of amides is 1. The molecule has 2 aliphatic heterocycles. The van der Waals surface area contributed by atoms with E-state index >= 15 is 0 Å². The van der Waals surface area contributed by atoms with E-state index in [2.05, 4.69) is 0 Å². The molecule has 2 saturated heterocycles. The lowest BCUT2D eigenvalue weighted by molar-refractivity contribution is -0.143. The first-order valence-corrected chi connectivity index (χ1v) is 8.01. The van der Waals surface area contributed by atoms with Gasteiger partial charge in [0.15, 0.2) is 5.60 Å². The quantitative estimate of drug-likeness (QED) is 0.828. The molecule has 0 aromatic heterocycles. The van der Waals surface area contributed by atoms with Gasteiger partial charge >= 0.3 is 7.12 Å². The summed E-state index contributed by atoms with van der Waals surface area (Å²) in [7, 11) is 1.20. The summed E-state index contributed by atoms with van der Waals surface area (Å²) in [6.07, 6.45) is 0.398. The standard InChI is InChI=1S/C17H24BNO4/c1-15(2)16(3,4)23-18(22-15)13-8-6-7-12(11-13)17(21)9-10-19(5)14(17)20/h6-8,11,21H,9-10H2,1-5H3. The summed E-state index contributed by atoms with van der Waals surface area (Å²) in [5.74, 6) is -0.261. The Morgan fingerprint density at radius 1 is 1.17 bits per heavy atom. The number of carbonyl (C=O) groups excluding carboxylic acids is 1. The number of benzene rings is 1. The molecule has 1 aromatic carbocycles. The van der Waals surface area contributed by atoms with Crippen molar-refractivity contribution < 1.29 is 19.2 Å². The number of likely N-dealkylation sites (tertiary alicyclic amines) is 1. The molecule has 1 atom stereocenters. The van der Waals surface area contributed by atoms with Crippen LogP contribution in [0.4, 0.5) is 0 Å². The van der Waals surface area contributed by atoms with E-state index in [1.165, 1.54) is 0 Å². The molecule has 1 aromatic rings. The molecule has 0 bridgehead atoms. The smallest absolute Gasteiger partial charge is 0.399 e. The number of hydrogen-bond acceptors (Lipinski definition) is 4. The average Bonchev–Trinajstić information content (AvgIpc) is 2.87. The van der Waals surface area contributed by atoms with Gasteiger partial charge in [-0.05, 0) is 38.7 Å². The van der Waals surface area contributed by atoms with Crippen LogP contribution in [0.25, 0.3) is 0 Å². The van der Waals surface area contributed by atoms with Gasteiger partial charge in [0.05, 0.1) is 11.2 Å². The van der Waals surface area contributed by atoms with Gasteiger partial charge in [-0.1, -0.05) is 24.3 Å². The van der Waals surface area contributed by atoms with Crippen molar-refractivity contribution in [2.24, 2.45) is 0 Å². The van der Waals surface area contributed by atoms with Crippen LogP contribution >= 0.6 is 0 Å². The number of likely N-dealkylation sites (N-methyl/N-ethyl adjacent to an activating group) is 1. The number of rotatable bonds is 2. The molecule has 2 fully saturated rings. The Kier molecular flexibility index (Phi) is 3.63. The van der Waals surface area contributed by atoms with Gasteiger partial charge in [0, 0.05) is 20.0 Å². The van der Waals surface area contributed by atoms with Crippen molar-refractivity contribution in [1.29, 1.82) is 0 Å². The van der Waals surface area contributed by atoms with Gasteiger partial charge in [-0.3, -0.25) is 4.79 Å². The monoisotopic (exact) mass is 317 g/mol. The minimum absolute atomic E-state index is 0.261. The average molecular weight is 317 g/mol. The van der Waals surface area contributed by atoms with Crippen molar-refractivity contribution in [3.05, 3.63) is 29.8 Å². The minimum Gasteiger partial charge on any atom is -0.399 e. The Morgan fingerprint density at radius 3 is 2.30 bits per heavy atom. The summed E-state index contributed by atoms with van der Waals surface area (Å²) in [4.78, 5) is 13.8. The van der Waals surface area contributed by atoms with Crippen molar-refractivity contribution in [3.8, 4) is 0 Å². The maximum absolute atomic E-state index is 12.3. The van der Waals surface area contributed by atoms with E-state index in [4.69, 9.17) is 9.31 Å². The van der Waals surface area contributed by atoms with Crippen LogP contribution in [0.5, 0.6) is 0 Å². The molecule has 0 saturated carbocycles. The Balaban J connectivity index is 1.92. The normalized spacial score (nSPS) is 29.4. The van der Waals surface area contributed by atoms with Crippen LogP contribution < -0.4 is 5.46 Å². The summed E-state index contributed by atoms with van der Waals surface area (Å²) >= 11 is 0. The van der Waals surface area contributed by atoms with E-state index in [-0.39, 0.29) is 5.91 Å². The zero-order valence-electron chi connectivity index (χ0n) is 14.4. The molecule has 23 heavy (non-hydrogen) atoms. The fraction of sp³-hybridized carbons (Fsp3) is 0.588. The fourth-order valence-electron chi connectivity index (χ4n) is 3.04. The van der Waals surface area contributed by atoms with E-state index in [0.29, 0.717) is 18.5 Å². The summed E-state index contributed by atoms with van der Waals surface area (Å²) in [6, 6.07) is 7.34. The van der Waals surface area contributed by atoms with Crippen LogP contribution in [0, 0.1) is 0 Å². The number of nitrogens with zero attached hydrogens (tertiary/aromatic N) is 1. The highest BCUT2D eigenvalue weighted by atomic mass is 16.7. The van der Waals surface area contributed by atoms with E-state index in [0.717, 1.165) is 5.46 Å². The third-order valence-corrected chi connectivity index (χ3v) is 5.40. The van der Waals surface area contributed by atoms with E-state index in [1.54, 1.807) is 18.0 Å². The minimum atomic E-state index is -1.45. The maximum atomic E-state index is 12.3. The molecule has 2 aliphatic rings. The molecule has 3 rings (SSSR count). The molecule has 6 heteroatoms. The van der Waals surface area contributed by atoms with Crippen LogP contribution in [-0.4, -0.2) is 47.8 Å². The highest BCUT2D eigenvalue weighted by Gasteiger charge is 2.52. The first-order valence-electron chi connectivity index (χ1n) is 8.01. The second kappa shape index (κ2) is 5.06. The van der Waals surface area contributed by atoms with Crippen molar-refractivity contribution in [3.63, 3.8) is 0 Å². The van der Waals surface area contributed by atoms with Gasteiger partial charge in [-0.2, -0.15) is 0 Å². The lowest BCUT2D eigenvalue weighted by atomic mass is 9.76. The van der Waals surface area contributed by atoms with E-state index < -0.39 is 23.9 Å². The van der Waals surface area contributed by atoms with Crippen LogP contribution in [-0.2, 0) is 19.7 Å². The molecule has 5 nitrogen and oxygen atoms in total. The van der Waals surface area contributed by atoms with Gasteiger partial charge in [0.25, 0.3) is 5.91 Å². The predicted molar refractivity (Wildman–Crippen MR) is 88.3 cm³/mol. The van der Waals surface area contributed by atoms with Gasteiger partial charge in [0.2, 0.25) is 0 Å². The van der Waals surface area contributed by atoms with E-state index in [1.807, 2.05) is 45.9 Å². The van der Waals surface area contributed by atoms with Gasteiger partial charge in [-0.25, -0.2) is 0 Å². The molecule has 1 unspecified atom stereocenters. The zero-order valence-corrected chi connectivity index (χ0v) is 14.4. The van der Waals surface area contributed by atoms with Gasteiger partial charge in [0.1, 0.15) is 0 Å². The lowest BCUT2D eigenvalue weighted by Crippen LogP contribution is -2.41. The summed E-state index contributed by atoms with van der Waals surface area (Å²) < 4.78 is 12.1. The Labute approximate surface area is 137 Å². The van der Waals surface area contributed by atoms with Crippen LogP contribution in [0.3, 0.4) is 0 Å². The number of carbonyl (C=O) groups is 1. The van der Waals surface area contributed by atoms with E-state index in [9.17, 15) is 9.90 Å². The number of hydrogen-bond donors (Lipinski definition) is 1. The third kappa shape index (κ3) is 2.49. The summed E-state index contributed by atoms with van der Waals surface area (Å²) in [6.45, 7) is 8.55. The first-order chi connectivity index (χ1) is 10.6. The molecular weight excluding hydrogens is 293 g/mol. The molecule has 1 amide bonds. The molecule has 0 aliphatic carbocycles. The van der Waals surface area contributed by atoms with Gasteiger partial charge < -0.3 is 19.3 Å². The van der Waals surface area contributed by atoms with Crippen LogP contribution in [0.2, 0.25) is 0 Å². The Hall–Kier alpha value is -1.37. The van der Waals surface area contributed by atoms with Crippen molar-refractivity contribution in [2.45, 2.75) is 50.9 Å². The predicted octanol–water partition coefficient (Wildman–Crippen LogP) is 1.04. The summed E-state index contributed by atoms with van der Waals surface area (Å²) in [5, 5.41) is 10.8. The second-order valence-electron chi connectivity index (χ2n) is 7.55. The number of aliphatic hydroxyl groups is 1. The molecular formula is C17H24BNO4. The Bertz CT molecular complexity index is 629. The van der Waals surface area contributed by atoms with Crippen molar-refractivity contribution >= 4 is 18.5 Å². The fourth-order valence-corrected chi connectivity index (χ4v) is 3.04. The highest BCUT2D eigenvalue weighted by molar-refractivity contribution is 6.62. The summed E-state index contributed by atoms with van der Waals surface area (Å²) in [5.41, 5.74) is -0.882. The Morgan fingerprint density at radius 2 is 1.78 bits per heavy atom. The third-order valence-electron chi connectivity index (χ3n) is 5.40. The highest BCUT2D eigenvalue weighted by Crippen LogP contribution is 2.37. The SMILES string of the molecule is CN1CCC(O)(c2cccc(B3OC(C)(C)C(C)(C)O3)c2)C1=O. The zero-order chi connectivity index (χ0) is 17.0. The maximum Gasteiger partial charge on any atom is 0.494 e. The van der Waals surface area contributed by atoms with Crippen molar-refractivity contribution in [2.75, 3.05) is 13.6 Å². The molecule has 0 radical (unpaired) electrons. The molecule has 0 spiro atoms.